The summed E-state index contributed by atoms with van der Waals surface area (Å²) in [6, 6.07) is 7.90. The van der Waals surface area contributed by atoms with Crippen LogP contribution in [0.5, 0.6) is 0 Å². The van der Waals surface area contributed by atoms with Gasteiger partial charge in [-0.25, -0.2) is 0 Å². The fourth-order valence-electron chi connectivity index (χ4n) is 3.43. The van der Waals surface area contributed by atoms with E-state index in [1.165, 1.54) is 12.8 Å². The molecule has 0 radical (unpaired) electrons. The highest BCUT2D eigenvalue weighted by Crippen LogP contribution is 2.27. The molecular formula is C18H25N3OS. The van der Waals surface area contributed by atoms with Crippen molar-refractivity contribution in [3.05, 3.63) is 36.0 Å². The Hall–Kier alpha value is -1.46. The van der Waals surface area contributed by atoms with E-state index in [1.54, 1.807) is 0 Å². The van der Waals surface area contributed by atoms with Gasteiger partial charge in [0.1, 0.15) is 0 Å². The molecule has 2 unspecified atom stereocenters. The molecule has 0 aliphatic heterocycles. The highest BCUT2D eigenvalue weighted by Gasteiger charge is 2.25. The van der Waals surface area contributed by atoms with Crippen LogP contribution in [-0.4, -0.2) is 34.5 Å². The molecule has 4 nitrogen and oxygen atoms in total. The number of carbonyl (C=O) groups excluding carboxylic acids is 1. The van der Waals surface area contributed by atoms with Gasteiger partial charge in [-0.3, -0.25) is 4.79 Å². The SMILES string of the molecule is CSC1CCCC(NC(=O)[C@@H](N)Cc2c[nH]c3ccccc23)C1. The Kier molecular flexibility index (Phi) is 5.28. The topological polar surface area (TPSA) is 70.9 Å². The maximum Gasteiger partial charge on any atom is 0.237 e. The van der Waals surface area contributed by atoms with E-state index < -0.39 is 6.04 Å². The summed E-state index contributed by atoms with van der Waals surface area (Å²) in [7, 11) is 0. The van der Waals surface area contributed by atoms with Crippen LogP contribution in [0, 0.1) is 0 Å². The largest absolute Gasteiger partial charge is 0.361 e. The first-order valence-corrected chi connectivity index (χ1v) is 9.60. The third-order valence-corrected chi connectivity index (χ3v) is 5.85. The third kappa shape index (κ3) is 3.90. The maximum absolute atomic E-state index is 12.4. The second-order valence-corrected chi connectivity index (χ2v) is 7.54. The first-order valence-electron chi connectivity index (χ1n) is 8.31. The number of nitrogens with one attached hydrogen (secondary N) is 2. The number of aromatic amines is 1. The Morgan fingerprint density at radius 1 is 1.43 bits per heavy atom. The summed E-state index contributed by atoms with van der Waals surface area (Å²) in [6.07, 6.45) is 9.26. The highest BCUT2D eigenvalue weighted by atomic mass is 32.2. The maximum atomic E-state index is 12.4. The van der Waals surface area contributed by atoms with Gasteiger partial charge in [0.15, 0.2) is 0 Å². The summed E-state index contributed by atoms with van der Waals surface area (Å²) in [6.45, 7) is 0. The van der Waals surface area contributed by atoms with Crippen molar-refractivity contribution in [1.82, 2.24) is 10.3 Å². The number of hydrogen-bond acceptors (Lipinski definition) is 3. The molecule has 1 amide bonds. The van der Waals surface area contributed by atoms with Gasteiger partial charge in [0, 0.05) is 28.4 Å². The van der Waals surface area contributed by atoms with E-state index in [0.29, 0.717) is 11.7 Å². The van der Waals surface area contributed by atoms with Crippen molar-refractivity contribution in [1.29, 1.82) is 0 Å². The highest BCUT2D eigenvalue weighted by molar-refractivity contribution is 7.99. The minimum absolute atomic E-state index is 0.0259. The lowest BCUT2D eigenvalue weighted by Crippen LogP contribution is -2.48. The number of carbonyl (C=O) groups is 1. The fraction of sp³-hybridized carbons (Fsp3) is 0.500. The molecule has 3 atom stereocenters. The first-order chi connectivity index (χ1) is 11.2. The number of fused-ring (bicyclic) bond motifs is 1. The number of hydrogen-bond donors (Lipinski definition) is 3. The van der Waals surface area contributed by atoms with Crippen LogP contribution in [0.15, 0.2) is 30.5 Å². The molecule has 1 fully saturated rings. The molecule has 1 aliphatic carbocycles. The molecule has 4 N–H and O–H groups in total. The number of rotatable bonds is 5. The van der Waals surface area contributed by atoms with Crippen LogP contribution in [0.25, 0.3) is 10.9 Å². The summed E-state index contributed by atoms with van der Waals surface area (Å²) >= 11 is 1.90. The van der Waals surface area contributed by atoms with E-state index in [0.717, 1.165) is 29.3 Å². The van der Waals surface area contributed by atoms with Crippen LogP contribution in [0.2, 0.25) is 0 Å². The quantitative estimate of drug-likeness (QED) is 0.789. The van der Waals surface area contributed by atoms with E-state index in [2.05, 4.69) is 22.6 Å². The van der Waals surface area contributed by atoms with E-state index in [1.807, 2.05) is 36.2 Å². The monoisotopic (exact) mass is 331 g/mol. The molecule has 124 valence electrons. The lowest BCUT2D eigenvalue weighted by atomic mass is 9.94. The number of amides is 1. The van der Waals surface area contributed by atoms with Crippen molar-refractivity contribution >= 4 is 28.6 Å². The Morgan fingerprint density at radius 3 is 3.09 bits per heavy atom. The Morgan fingerprint density at radius 2 is 2.26 bits per heavy atom. The number of nitrogens with two attached hydrogens (primary N) is 1. The van der Waals surface area contributed by atoms with Crippen molar-refractivity contribution in [3.63, 3.8) is 0 Å². The van der Waals surface area contributed by atoms with E-state index in [-0.39, 0.29) is 11.9 Å². The van der Waals surface area contributed by atoms with Crippen molar-refractivity contribution in [2.75, 3.05) is 6.26 Å². The molecule has 5 heteroatoms. The molecule has 0 bridgehead atoms. The second kappa shape index (κ2) is 7.41. The molecular weight excluding hydrogens is 306 g/mol. The molecule has 1 heterocycles. The zero-order valence-electron chi connectivity index (χ0n) is 13.5. The summed E-state index contributed by atoms with van der Waals surface area (Å²) < 4.78 is 0. The average molecular weight is 331 g/mol. The van der Waals surface area contributed by atoms with Crippen LogP contribution in [0.4, 0.5) is 0 Å². The van der Waals surface area contributed by atoms with Crippen LogP contribution in [0.3, 0.4) is 0 Å². The molecule has 0 spiro atoms. The Balaban J connectivity index is 1.59. The van der Waals surface area contributed by atoms with Gasteiger partial charge in [0.05, 0.1) is 6.04 Å². The van der Waals surface area contributed by atoms with Gasteiger partial charge >= 0.3 is 0 Å². The summed E-state index contributed by atoms with van der Waals surface area (Å²) in [4.78, 5) is 15.7. The fourth-order valence-corrected chi connectivity index (χ4v) is 4.26. The molecule has 3 rings (SSSR count). The molecule has 1 saturated carbocycles. The van der Waals surface area contributed by atoms with Crippen LogP contribution in [0.1, 0.15) is 31.2 Å². The lowest BCUT2D eigenvalue weighted by Gasteiger charge is -2.29. The standard InChI is InChI=1S/C18H25N3OS/c1-23-14-6-4-5-13(10-14)21-18(22)16(19)9-12-11-20-17-8-3-2-7-15(12)17/h2-3,7-8,11,13-14,16,20H,4-6,9-10,19H2,1H3,(H,21,22)/t13?,14?,16-/m0/s1. The van der Waals surface area contributed by atoms with Crippen molar-refractivity contribution in [2.24, 2.45) is 5.73 Å². The minimum atomic E-state index is -0.496. The van der Waals surface area contributed by atoms with Crippen LogP contribution in [-0.2, 0) is 11.2 Å². The first kappa shape index (κ1) is 16.4. The van der Waals surface area contributed by atoms with E-state index >= 15 is 0 Å². The van der Waals surface area contributed by atoms with Gasteiger partial charge in [0.25, 0.3) is 0 Å². The van der Waals surface area contributed by atoms with Crippen molar-refractivity contribution < 1.29 is 4.79 Å². The van der Waals surface area contributed by atoms with Gasteiger partial charge in [-0.2, -0.15) is 11.8 Å². The molecule has 0 saturated heterocycles. The Labute approximate surface area is 141 Å². The van der Waals surface area contributed by atoms with Gasteiger partial charge in [-0.1, -0.05) is 24.6 Å². The number of thioether (sulfide) groups is 1. The van der Waals surface area contributed by atoms with Gasteiger partial charge < -0.3 is 16.0 Å². The molecule has 1 aromatic heterocycles. The predicted molar refractivity (Wildman–Crippen MR) is 97.7 cm³/mol. The van der Waals surface area contributed by atoms with Crippen LogP contribution >= 0.6 is 11.8 Å². The number of benzene rings is 1. The molecule has 1 aliphatic rings. The second-order valence-electron chi connectivity index (χ2n) is 6.40. The summed E-state index contributed by atoms with van der Waals surface area (Å²) in [5.41, 5.74) is 8.35. The van der Waals surface area contributed by atoms with E-state index in [9.17, 15) is 4.79 Å². The van der Waals surface area contributed by atoms with Gasteiger partial charge in [-0.15, -0.1) is 0 Å². The molecule has 23 heavy (non-hydrogen) atoms. The van der Waals surface area contributed by atoms with Gasteiger partial charge in [-0.05, 0) is 43.6 Å². The van der Waals surface area contributed by atoms with Crippen molar-refractivity contribution in [3.8, 4) is 0 Å². The minimum Gasteiger partial charge on any atom is -0.361 e. The van der Waals surface area contributed by atoms with Gasteiger partial charge in [0.2, 0.25) is 5.91 Å². The molecule has 1 aromatic carbocycles. The smallest absolute Gasteiger partial charge is 0.237 e. The van der Waals surface area contributed by atoms with E-state index in [4.69, 9.17) is 5.73 Å². The number of para-hydroxylation sites is 1. The summed E-state index contributed by atoms with van der Waals surface area (Å²) in [5.74, 6) is -0.0259. The number of aromatic nitrogens is 1. The zero-order chi connectivity index (χ0) is 16.2. The predicted octanol–water partition coefficient (Wildman–Crippen LogP) is 2.83. The number of H-pyrrole nitrogens is 1. The van der Waals surface area contributed by atoms with Crippen LogP contribution < -0.4 is 11.1 Å². The lowest BCUT2D eigenvalue weighted by molar-refractivity contribution is -0.123. The normalized spacial score (nSPS) is 22.9. The Bertz CT molecular complexity index is 669. The summed E-state index contributed by atoms with van der Waals surface area (Å²) in [5, 5.41) is 4.97. The average Bonchev–Trinajstić information content (AvgIpc) is 2.98. The molecule has 2 aromatic rings. The van der Waals surface area contributed by atoms with Crippen molar-refractivity contribution in [2.45, 2.75) is 49.4 Å². The third-order valence-electron chi connectivity index (χ3n) is 4.76. The zero-order valence-corrected chi connectivity index (χ0v) is 14.4.